The molecule has 0 radical (unpaired) electrons. The molecular formula is C34H42F3N5O3. The molecule has 1 aromatic carbocycles. The number of carbonyl (C=O) groups is 1. The van der Waals surface area contributed by atoms with Gasteiger partial charge in [-0.05, 0) is 101 Å². The first-order chi connectivity index (χ1) is 21.3. The summed E-state index contributed by atoms with van der Waals surface area (Å²) in [7, 11) is 0. The third kappa shape index (κ3) is 8.39. The molecule has 2 N–H and O–H groups in total. The van der Waals surface area contributed by atoms with E-state index >= 15 is 0 Å². The number of rotatable bonds is 8. The first-order valence-corrected chi connectivity index (χ1v) is 15.6. The summed E-state index contributed by atoms with van der Waals surface area (Å²) < 4.78 is 45.2. The molecule has 2 aliphatic rings. The van der Waals surface area contributed by atoms with Crippen LogP contribution in [0.4, 0.5) is 24.7 Å². The molecule has 0 saturated carbocycles. The zero-order chi connectivity index (χ0) is 32.4. The normalized spacial score (nSPS) is 19.1. The van der Waals surface area contributed by atoms with Gasteiger partial charge in [-0.15, -0.1) is 0 Å². The Morgan fingerprint density at radius 3 is 2.31 bits per heavy atom. The molecule has 1 amide bonds. The van der Waals surface area contributed by atoms with Crippen LogP contribution in [-0.4, -0.2) is 63.4 Å². The number of aliphatic hydroxyl groups is 1. The lowest BCUT2D eigenvalue weighted by Gasteiger charge is -2.37. The molecule has 2 fully saturated rings. The van der Waals surface area contributed by atoms with Gasteiger partial charge < -0.3 is 20.1 Å². The molecule has 11 heteroatoms. The van der Waals surface area contributed by atoms with Crippen molar-refractivity contribution in [3.8, 4) is 11.1 Å². The lowest BCUT2D eigenvalue weighted by molar-refractivity contribution is -0.194. The van der Waals surface area contributed by atoms with Gasteiger partial charge in [0, 0.05) is 43.4 Å². The fraction of sp³-hybridized carbons (Fsp3) is 0.500. The minimum Gasteiger partial charge on any atom is -0.370 e. The number of hydrogen-bond donors (Lipinski definition) is 2. The number of nitrogens with one attached hydrogen (secondary N) is 1. The monoisotopic (exact) mass is 625 g/mol. The Morgan fingerprint density at radius 1 is 1.02 bits per heavy atom. The van der Waals surface area contributed by atoms with Crippen LogP contribution in [0.15, 0.2) is 54.9 Å². The zero-order valence-electron chi connectivity index (χ0n) is 26.3. The summed E-state index contributed by atoms with van der Waals surface area (Å²) in [6.45, 7) is 11.0. The predicted octanol–water partition coefficient (Wildman–Crippen LogP) is 6.75. The number of aliphatic hydroxyl groups excluding tert-OH is 1. The topological polar surface area (TPSA) is 90.8 Å². The summed E-state index contributed by atoms with van der Waals surface area (Å²) in [4.78, 5) is 26.5. The average molecular weight is 626 g/mol. The molecule has 0 aliphatic carbocycles. The lowest BCUT2D eigenvalue weighted by Crippen LogP contribution is -2.41. The van der Waals surface area contributed by atoms with Crippen molar-refractivity contribution in [3.63, 3.8) is 0 Å². The van der Waals surface area contributed by atoms with E-state index in [0.717, 1.165) is 74.3 Å². The Kier molecular flexibility index (Phi) is 9.81. The van der Waals surface area contributed by atoms with Gasteiger partial charge in [-0.3, -0.25) is 9.69 Å². The summed E-state index contributed by atoms with van der Waals surface area (Å²) >= 11 is 0. The molecule has 2 aromatic heterocycles. The SMILES string of the molecule is C[C@@H]1CCCN1Cc1cc(NC(=O)c2ccc(N3CCC(C(O)OC(C)(C)C)CC3)cn2)ncc1-c1ccc(C(F)(F)F)cc1. The number of anilines is 2. The molecule has 2 atom stereocenters. The number of halogens is 3. The number of carbonyl (C=O) groups excluding carboxylic acids is 1. The number of likely N-dealkylation sites (tertiary alicyclic amines) is 1. The largest absolute Gasteiger partial charge is 0.416 e. The van der Waals surface area contributed by atoms with E-state index < -0.39 is 29.5 Å². The fourth-order valence-electron chi connectivity index (χ4n) is 6.03. The van der Waals surface area contributed by atoms with E-state index in [1.54, 1.807) is 24.5 Å². The number of pyridine rings is 2. The number of aromatic nitrogens is 2. The summed E-state index contributed by atoms with van der Waals surface area (Å²) in [5.74, 6) is 0.00895. The Balaban J connectivity index is 1.26. The highest BCUT2D eigenvalue weighted by Crippen LogP contribution is 2.33. The van der Waals surface area contributed by atoms with E-state index in [0.29, 0.717) is 24.0 Å². The van der Waals surface area contributed by atoms with Crippen molar-refractivity contribution in [2.24, 2.45) is 5.92 Å². The van der Waals surface area contributed by atoms with Crippen molar-refractivity contribution < 1.29 is 27.8 Å². The molecule has 0 spiro atoms. The number of alkyl halides is 3. The predicted molar refractivity (Wildman–Crippen MR) is 168 cm³/mol. The van der Waals surface area contributed by atoms with Gasteiger partial charge in [0.2, 0.25) is 0 Å². The fourth-order valence-corrected chi connectivity index (χ4v) is 6.03. The first kappa shape index (κ1) is 32.8. The second-order valence-electron chi connectivity index (χ2n) is 13.1. The number of benzene rings is 1. The summed E-state index contributed by atoms with van der Waals surface area (Å²) in [5, 5.41) is 13.3. The van der Waals surface area contributed by atoms with Crippen LogP contribution >= 0.6 is 0 Å². The maximum absolute atomic E-state index is 13.2. The van der Waals surface area contributed by atoms with Crippen LogP contribution in [0.5, 0.6) is 0 Å². The van der Waals surface area contributed by atoms with Crippen LogP contribution in [-0.2, 0) is 17.5 Å². The van der Waals surface area contributed by atoms with Gasteiger partial charge >= 0.3 is 6.18 Å². The van der Waals surface area contributed by atoms with Gasteiger partial charge in [0.1, 0.15) is 11.5 Å². The van der Waals surface area contributed by atoms with Gasteiger partial charge in [0.05, 0.1) is 23.0 Å². The van der Waals surface area contributed by atoms with Gasteiger partial charge in [0.15, 0.2) is 6.29 Å². The molecule has 1 unspecified atom stereocenters. The molecule has 2 saturated heterocycles. The van der Waals surface area contributed by atoms with Crippen molar-refractivity contribution in [1.82, 2.24) is 14.9 Å². The summed E-state index contributed by atoms with van der Waals surface area (Å²) in [6.07, 6.45) is 1.81. The maximum atomic E-state index is 13.2. The third-order valence-corrected chi connectivity index (χ3v) is 8.58. The minimum atomic E-state index is -4.41. The van der Waals surface area contributed by atoms with E-state index in [1.807, 2.05) is 26.8 Å². The van der Waals surface area contributed by atoms with Crippen molar-refractivity contribution in [2.45, 2.75) is 84.0 Å². The van der Waals surface area contributed by atoms with Crippen molar-refractivity contribution in [3.05, 3.63) is 71.7 Å². The van der Waals surface area contributed by atoms with Gasteiger partial charge in [-0.1, -0.05) is 12.1 Å². The van der Waals surface area contributed by atoms with E-state index in [1.165, 1.54) is 12.1 Å². The number of hydrogen-bond acceptors (Lipinski definition) is 7. The Hall–Kier alpha value is -3.54. The zero-order valence-corrected chi connectivity index (χ0v) is 26.3. The number of amides is 1. The minimum absolute atomic E-state index is 0.0650. The van der Waals surface area contributed by atoms with Crippen molar-refractivity contribution in [1.29, 1.82) is 0 Å². The number of piperidine rings is 1. The van der Waals surface area contributed by atoms with Crippen molar-refractivity contribution >= 4 is 17.4 Å². The average Bonchev–Trinajstić information content (AvgIpc) is 3.40. The molecular weight excluding hydrogens is 583 g/mol. The molecule has 0 bridgehead atoms. The van der Waals surface area contributed by atoms with E-state index in [4.69, 9.17) is 4.74 Å². The van der Waals surface area contributed by atoms with E-state index in [9.17, 15) is 23.1 Å². The molecule has 5 rings (SSSR count). The number of ether oxygens (including phenoxy) is 1. The molecule has 4 heterocycles. The second-order valence-corrected chi connectivity index (χ2v) is 13.1. The van der Waals surface area contributed by atoms with Gasteiger partial charge in [-0.25, -0.2) is 9.97 Å². The highest BCUT2D eigenvalue weighted by Gasteiger charge is 2.31. The van der Waals surface area contributed by atoms with Crippen LogP contribution in [0.3, 0.4) is 0 Å². The van der Waals surface area contributed by atoms with Gasteiger partial charge in [0.25, 0.3) is 5.91 Å². The third-order valence-electron chi connectivity index (χ3n) is 8.58. The highest BCUT2D eigenvalue weighted by atomic mass is 19.4. The van der Waals surface area contributed by atoms with E-state index in [-0.39, 0.29) is 11.6 Å². The maximum Gasteiger partial charge on any atom is 0.416 e. The molecule has 3 aromatic rings. The lowest BCUT2D eigenvalue weighted by atomic mass is 9.95. The van der Waals surface area contributed by atoms with Crippen LogP contribution in [0.2, 0.25) is 0 Å². The summed E-state index contributed by atoms with van der Waals surface area (Å²) in [6, 6.07) is 10.8. The second kappa shape index (κ2) is 13.4. The van der Waals surface area contributed by atoms with Crippen LogP contribution < -0.4 is 10.2 Å². The Morgan fingerprint density at radius 2 is 1.73 bits per heavy atom. The van der Waals surface area contributed by atoms with Crippen LogP contribution in [0, 0.1) is 5.92 Å². The highest BCUT2D eigenvalue weighted by molar-refractivity contribution is 6.02. The Bertz CT molecular complexity index is 1450. The molecule has 242 valence electrons. The Labute approximate surface area is 262 Å². The quantitative estimate of drug-likeness (QED) is 0.268. The van der Waals surface area contributed by atoms with Crippen molar-refractivity contribution in [2.75, 3.05) is 29.9 Å². The molecule has 2 aliphatic heterocycles. The van der Waals surface area contributed by atoms with E-state index in [2.05, 4.69) is 32.0 Å². The van der Waals surface area contributed by atoms with Gasteiger partial charge in [-0.2, -0.15) is 13.2 Å². The summed E-state index contributed by atoms with van der Waals surface area (Å²) in [5.41, 5.74) is 2.26. The molecule has 8 nitrogen and oxygen atoms in total. The smallest absolute Gasteiger partial charge is 0.370 e. The van der Waals surface area contributed by atoms with Crippen LogP contribution in [0.25, 0.3) is 11.1 Å². The molecule has 45 heavy (non-hydrogen) atoms. The standard InChI is InChI=1S/C34H42F3N5O3/c1-22-6-5-15-42(22)21-25-18-30(39-20-28(25)23-7-9-26(10-8-23)34(35,36)37)40-31(43)29-12-11-27(19-38-29)41-16-13-24(14-17-41)32(44)45-33(2,3)4/h7-12,18-20,22,24,32,44H,5-6,13-17,21H2,1-4H3,(H,39,40,43)/t22-,32?/m1/s1. The first-order valence-electron chi connectivity index (χ1n) is 15.6. The number of nitrogens with zero attached hydrogens (tertiary/aromatic N) is 4. The van der Waals surface area contributed by atoms with Crippen LogP contribution in [0.1, 0.15) is 75.0 Å².